The molecule has 164 valence electrons. The summed E-state index contributed by atoms with van der Waals surface area (Å²) in [4.78, 5) is 2.42. The van der Waals surface area contributed by atoms with Gasteiger partial charge in [0.2, 0.25) is 0 Å². The van der Waals surface area contributed by atoms with Crippen LogP contribution in [0.15, 0.2) is 51.8 Å². The SMILES string of the molecule is CCCCN(c1ccc(N2CCOCC2)cc1)S(=O)(=O)c1cc(Br)ccc1OCC. The quantitative estimate of drug-likeness (QED) is 0.504. The molecule has 2 aromatic carbocycles. The number of rotatable bonds is 9. The van der Waals surface area contributed by atoms with Gasteiger partial charge in [-0.05, 0) is 55.8 Å². The van der Waals surface area contributed by atoms with Gasteiger partial charge >= 0.3 is 0 Å². The molecule has 0 unspecified atom stereocenters. The lowest BCUT2D eigenvalue weighted by molar-refractivity contribution is 0.122. The first-order valence-corrected chi connectivity index (χ1v) is 12.6. The monoisotopic (exact) mass is 496 g/mol. The van der Waals surface area contributed by atoms with E-state index < -0.39 is 10.0 Å². The molecule has 1 fully saturated rings. The first-order chi connectivity index (χ1) is 14.5. The van der Waals surface area contributed by atoms with Crippen LogP contribution in [0.2, 0.25) is 0 Å². The van der Waals surface area contributed by atoms with Crippen molar-refractivity contribution in [2.24, 2.45) is 0 Å². The van der Waals surface area contributed by atoms with Crippen molar-refractivity contribution in [3.05, 3.63) is 46.9 Å². The molecule has 0 aromatic heterocycles. The lowest BCUT2D eigenvalue weighted by Gasteiger charge is -2.30. The number of anilines is 2. The molecule has 0 saturated carbocycles. The van der Waals surface area contributed by atoms with Gasteiger partial charge in [-0.2, -0.15) is 0 Å². The molecule has 1 aliphatic heterocycles. The van der Waals surface area contributed by atoms with Crippen LogP contribution in [0, 0.1) is 0 Å². The summed E-state index contributed by atoms with van der Waals surface area (Å²) < 4.78 is 40.6. The maximum absolute atomic E-state index is 13.7. The highest BCUT2D eigenvalue weighted by atomic mass is 79.9. The second-order valence-electron chi connectivity index (χ2n) is 7.07. The zero-order valence-electron chi connectivity index (χ0n) is 17.5. The number of ether oxygens (including phenoxy) is 2. The van der Waals surface area contributed by atoms with Crippen LogP contribution in [0.25, 0.3) is 0 Å². The average Bonchev–Trinajstić information content (AvgIpc) is 2.76. The molecule has 2 aromatic rings. The van der Waals surface area contributed by atoms with Gasteiger partial charge in [0.1, 0.15) is 10.6 Å². The van der Waals surface area contributed by atoms with Crippen LogP contribution in [-0.2, 0) is 14.8 Å². The molecule has 8 heteroatoms. The Labute approximate surface area is 188 Å². The van der Waals surface area contributed by atoms with Gasteiger partial charge in [-0.1, -0.05) is 29.3 Å². The molecule has 0 aliphatic carbocycles. The van der Waals surface area contributed by atoms with Crippen molar-refractivity contribution < 1.29 is 17.9 Å². The summed E-state index contributed by atoms with van der Waals surface area (Å²) in [5.74, 6) is 0.368. The fraction of sp³-hybridized carbons (Fsp3) is 0.455. The van der Waals surface area contributed by atoms with Crippen LogP contribution in [0.4, 0.5) is 11.4 Å². The molecule has 1 saturated heterocycles. The van der Waals surface area contributed by atoms with Crippen molar-refractivity contribution in [2.75, 3.05) is 48.7 Å². The van der Waals surface area contributed by atoms with Crippen molar-refractivity contribution >= 4 is 37.3 Å². The van der Waals surface area contributed by atoms with Gasteiger partial charge < -0.3 is 14.4 Å². The van der Waals surface area contributed by atoms with Crippen LogP contribution in [0.1, 0.15) is 26.7 Å². The second kappa shape index (κ2) is 10.5. The van der Waals surface area contributed by atoms with Crippen molar-refractivity contribution in [1.29, 1.82) is 0 Å². The van der Waals surface area contributed by atoms with E-state index in [1.807, 2.05) is 31.2 Å². The summed E-state index contributed by atoms with van der Waals surface area (Å²) in [6.07, 6.45) is 1.66. The number of hydrogen-bond acceptors (Lipinski definition) is 5. The van der Waals surface area contributed by atoms with Gasteiger partial charge in [0.25, 0.3) is 10.0 Å². The fourth-order valence-electron chi connectivity index (χ4n) is 3.42. The molecule has 6 nitrogen and oxygen atoms in total. The number of unbranched alkanes of at least 4 members (excludes halogenated alkanes) is 1. The molecule has 0 atom stereocenters. The van der Waals surface area contributed by atoms with Gasteiger partial charge in [-0.25, -0.2) is 8.42 Å². The zero-order valence-corrected chi connectivity index (χ0v) is 19.9. The fourth-order valence-corrected chi connectivity index (χ4v) is 5.59. The Morgan fingerprint density at radius 1 is 1.10 bits per heavy atom. The van der Waals surface area contributed by atoms with E-state index in [0.29, 0.717) is 42.3 Å². The van der Waals surface area contributed by atoms with Crippen LogP contribution in [-0.4, -0.2) is 47.9 Å². The van der Waals surface area contributed by atoms with Gasteiger partial charge in [-0.3, -0.25) is 4.31 Å². The van der Waals surface area contributed by atoms with E-state index in [0.717, 1.165) is 31.6 Å². The molecule has 1 aliphatic rings. The number of nitrogens with zero attached hydrogens (tertiary/aromatic N) is 2. The van der Waals surface area contributed by atoms with E-state index in [1.165, 1.54) is 4.31 Å². The van der Waals surface area contributed by atoms with Gasteiger partial charge in [-0.15, -0.1) is 0 Å². The molecule has 0 bridgehead atoms. The average molecular weight is 497 g/mol. The van der Waals surface area contributed by atoms with E-state index in [2.05, 4.69) is 27.8 Å². The van der Waals surface area contributed by atoms with Crippen molar-refractivity contribution in [3.63, 3.8) is 0 Å². The first-order valence-electron chi connectivity index (χ1n) is 10.3. The number of hydrogen-bond donors (Lipinski definition) is 0. The molecule has 0 N–H and O–H groups in total. The molecule has 0 amide bonds. The number of sulfonamides is 1. The highest BCUT2D eigenvalue weighted by Crippen LogP contribution is 2.33. The maximum Gasteiger partial charge on any atom is 0.268 e. The third kappa shape index (κ3) is 5.28. The smallest absolute Gasteiger partial charge is 0.268 e. The summed E-state index contributed by atoms with van der Waals surface area (Å²) in [7, 11) is -3.79. The summed E-state index contributed by atoms with van der Waals surface area (Å²) in [5, 5.41) is 0. The van der Waals surface area contributed by atoms with Gasteiger partial charge in [0, 0.05) is 29.8 Å². The van der Waals surface area contributed by atoms with E-state index >= 15 is 0 Å². The Morgan fingerprint density at radius 2 is 1.80 bits per heavy atom. The standard InChI is InChI=1S/C22H29BrN2O4S/c1-3-5-12-25(20-9-7-19(8-10-20)24-13-15-28-16-14-24)30(26,27)22-17-18(23)6-11-21(22)29-4-2/h6-11,17H,3-5,12-16H2,1-2H3. The third-order valence-corrected chi connectivity index (χ3v) is 7.34. The Balaban J connectivity index is 1.96. The molecule has 3 rings (SSSR count). The summed E-state index contributed by atoms with van der Waals surface area (Å²) in [5.41, 5.74) is 1.73. The summed E-state index contributed by atoms with van der Waals surface area (Å²) in [6, 6.07) is 12.8. The Kier molecular flexibility index (Phi) is 8.02. The minimum absolute atomic E-state index is 0.173. The Hall–Kier alpha value is -1.77. The minimum atomic E-state index is -3.79. The highest BCUT2D eigenvalue weighted by molar-refractivity contribution is 9.10. The molecular formula is C22H29BrN2O4S. The predicted molar refractivity (Wildman–Crippen MR) is 124 cm³/mol. The Morgan fingerprint density at radius 3 is 2.43 bits per heavy atom. The third-order valence-electron chi connectivity index (χ3n) is 5.00. The first kappa shape index (κ1) is 22.9. The normalized spacial score (nSPS) is 14.6. The molecule has 1 heterocycles. The lowest BCUT2D eigenvalue weighted by Crippen LogP contribution is -2.36. The molecular weight excluding hydrogens is 468 g/mol. The topological polar surface area (TPSA) is 59.1 Å². The highest BCUT2D eigenvalue weighted by Gasteiger charge is 2.28. The van der Waals surface area contributed by atoms with Crippen LogP contribution < -0.4 is 13.9 Å². The van der Waals surface area contributed by atoms with E-state index in [-0.39, 0.29) is 4.90 Å². The van der Waals surface area contributed by atoms with E-state index in [4.69, 9.17) is 9.47 Å². The van der Waals surface area contributed by atoms with Crippen molar-refractivity contribution in [3.8, 4) is 5.75 Å². The maximum atomic E-state index is 13.7. The summed E-state index contributed by atoms with van der Waals surface area (Å²) in [6.45, 7) is 7.81. The predicted octanol–water partition coefficient (Wildman–Crippen LogP) is 4.68. The zero-order chi connectivity index (χ0) is 21.6. The van der Waals surface area contributed by atoms with Crippen molar-refractivity contribution in [2.45, 2.75) is 31.6 Å². The van der Waals surface area contributed by atoms with Crippen molar-refractivity contribution in [1.82, 2.24) is 0 Å². The second-order valence-corrected chi connectivity index (χ2v) is 9.82. The van der Waals surface area contributed by atoms with Crippen LogP contribution in [0.3, 0.4) is 0 Å². The van der Waals surface area contributed by atoms with E-state index in [9.17, 15) is 8.42 Å². The van der Waals surface area contributed by atoms with E-state index in [1.54, 1.807) is 18.2 Å². The lowest BCUT2D eigenvalue weighted by atomic mass is 10.2. The molecule has 0 radical (unpaired) electrons. The number of halogens is 1. The summed E-state index contributed by atoms with van der Waals surface area (Å²) >= 11 is 3.40. The number of morpholine rings is 1. The Bertz CT molecular complexity index is 929. The number of benzene rings is 2. The minimum Gasteiger partial charge on any atom is -0.492 e. The molecule has 0 spiro atoms. The molecule has 30 heavy (non-hydrogen) atoms. The van der Waals surface area contributed by atoms with Crippen LogP contribution >= 0.6 is 15.9 Å². The largest absolute Gasteiger partial charge is 0.492 e. The van der Waals surface area contributed by atoms with Crippen LogP contribution in [0.5, 0.6) is 5.75 Å². The van der Waals surface area contributed by atoms with Gasteiger partial charge in [0.15, 0.2) is 0 Å². The van der Waals surface area contributed by atoms with Gasteiger partial charge in [0.05, 0.1) is 25.5 Å².